The minimum Gasteiger partial charge on any atom is -0.387 e. The van der Waals surface area contributed by atoms with Crippen molar-refractivity contribution < 1.29 is 17.9 Å². The van der Waals surface area contributed by atoms with Gasteiger partial charge in [-0.15, -0.1) is 0 Å². The topological polar surface area (TPSA) is 91.3 Å². The predicted octanol–water partition coefficient (Wildman–Crippen LogP) is 2.51. The number of halogens is 1. The maximum absolute atomic E-state index is 13.2. The first-order valence-electron chi connectivity index (χ1n) is 9.55. The minimum absolute atomic E-state index is 0.0670. The molecule has 1 aromatic rings. The molecule has 0 bridgehead atoms. The summed E-state index contributed by atoms with van der Waals surface area (Å²) >= 11 is 0. The van der Waals surface area contributed by atoms with Gasteiger partial charge in [0.15, 0.2) is 0 Å². The van der Waals surface area contributed by atoms with Crippen LogP contribution in [0.5, 0.6) is 0 Å². The number of hydrogen-bond acceptors (Lipinski definition) is 5. The van der Waals surface area contributed by atoms with Crippen LogP contribution < -0.4 is 10.0 Å². The Bertz CT molecular complexity index is 704. The number of β-amino-alcohol motifs (C(OH)–C–C–N with tert-alkyl or cyclic N) is 1. The van der Waals surface area contributed by atoms with Crippen molar-refractivity contribution >= 4 is 10.0 Å². The van der Waals surface area contributed by atoms with Crippen molar-refractivity contribution in [1.29, 1.82) is 0 Å². The van der Waals surface area contributed by atoms with Crippen LogP contribution in [0.2, 0.25) is 0 Å². The number of hydrogen-bond donors (Lipinski definition) is 3. The molecule has 1 atom stereocenters. The summed E-state index contributed by atoms with van der Waals surface area (Å²) in [6.07, 6.45) is 8.85. The van der Waals surface area contributed by atoms with Gasteiger partial charge in [-0.05, 0) is 64.4 Å². The summed E-state index contributed by atoms with van der Waals surface area (Å²) in [6.45, 7) is 4.53. The van der Waals surface area contributed by atoms with Crippen molar-refractivity contribution in [2.45, 2.75) is 70.1 Å². The van der Waals surface area contributed by atoms with Gasteiger partial charge < -0.3 is 10.4 Å². The molecule has 1 saturated carbocycles. The lowest BCUT2D eigenvalue weighted by molar-refractivity contribution is 0.155. The van der Waals surface area contributed by atoms with Crippen LogP contribution in [0.25, 0.3) is 0 Å². The van der Waals surface area contributed by atoms with E-state index in [0.717, 1.165) is 44.7 Å². The van der Waals surface area contributed by atoms with E-state index in [1.165, 1.54) is 18.5 Å². The van der Waals surface area contributed by atoms with E-state index in [1.54, 1.807) is 0 Å². The Labute approximate surface area is 162 Å². The number of sulfonamides is 1. The van der Waals surface area contributed by atoms with E-state index in [1.807, 2.05) is 0 Å². The third kappa shape index (κ3) is 8.21. The number of nitrogens with one attached hydrogen (secondary N) is 2. The molecule has 6 nitrogen and oxygen atoms in total. The summed E-state index contributed by atoms with van der Waals surface area (Å²) in [4.78, 5) is 3.77. The Balaban J connectivity index is 1.72. The summed E-state index contributed by atoms with van der Waals surface area (Å²) in [7, 11) is -3.13. The van der Waals surface area contributed by atoms with Crippen LogP contribution in [0.4, 0.5) is 4.39 Å². The highest BCUT2D eigenvalue weighted by Gasteiger charge is 2.26. The van der Waals surface area contributed by atoms with E-state index >= 15 is 0 Å². The Morgan fingerprint density at radius 1 is 1.30 bits per heavy atom. The van der Waals surface area contributed by atoms with Gasteiger partial charge in [-0.1, -0.05) is 0 Å². The average molecular weight is 402 g/mol. The molecule has 1 aromatic heterocycles. The van der Waals surface area contributed by atoms with E-state index < -0.39 is 21.9 Å². The van der Waals surface area contributed by atoms with Gasteiger partial charge in [0.1, 0.15) is 5.82 Å². The zero-order valence-electron chi connectivity index (χ0n) is 16.4. The number of aliphatic hydroxyl groups excluding tert-OH is 1. The van der Waals surface area contributed by atoms with Crippen LogP contribution in [0.15, 0.2) is 18.5 Å². The van der Waals surface area contributed by atoms with Gasteiger partial charge >= 0.3 is 0 Å². The first-order valence-corrected chi connectivity index (χ1v) is 11.4. The summed E-state index contributed by atoms with van der Waals surface area (Å²) in [6, 6.07) is 1.37. The number of aliphatic hydroxyl groups is 1. The summed E-state index contributed by atoms with van der Waals surface area (Å²) in [5, 5.41) is 13.6. The molecule has 1 aliphatic rings. The summed E-state index contributed by atoms with van der Waals surface area (Å²) < 4.78 is 38.6. The molecule has 1 aliphatic carbocycles. The van der Waals surface area contributed by atoms with Crippen molar-refractivity contribution in [1.82, 2.24) is 15.0 Å². The Morgan fingerprint density at radius 2 is 1.96 bits per heavy atom. The van der Waals surface area contributed by atoms with E-state index in [2.05, 4.69) is 28.9 Å². The van der Waals surface area contributed by atoms with Crippen LogP contribution in [0.3, 0.4) is 0 Å². The predicted molar refractivity (Wildman–Crippen MR) is 104 cm³/mol. The van der Waals surface area contributed by atoms with Crippen LogP contribution in [-0.2, 0) is 10.0 Å². The smallest absolute Gasteiger partial charge is 0.208 e. The molecule has 3 N–H and O–H groups in total. The lowest BCUT2D eigenvalue weighted by atomic mass is 9.81. The Kier molecular flexibility index (Phi) is 7.73. The van der Waals surface area contributed by atoms with E-state index in [-0.39, 0.29) is 11.6 Å². The fraction of sp³-hybridized carbons (Fsp3) is 0.737. The second kappa shape index (κ2) is 9.41. The third-order valence-corrected chi connectivity index (χ3v) is 6.05. The second-order valence-electron chi connectivity index (χ2n) is 8.36. The van der Waals surface area contributed by atoms with Gasteiger partial charge in [-0.25, -0.2) is 17.5 Å². The lowest BCUT2D eigenvalue weighted by Gasteiger charge is -2.33. The number of rotatable bonds is 9. The zero-order valence-corrected chi connectivity index (χ0v) is 17.2. The van der Waals surface area contributed by atoms with E-state index in [0.29, 0.717) is 18.0 Å². The largest absolute Gasteiger partial charge is 0.387 e. The molecule has 0 radical (unpaired) electrons. The highest BCUT2D eigenvalue weighted by atomic mass is 32.2. The van der Waals surface area contributed by atoms with E-state index in [4.69, 9.17) is 0 Å². The zero-order chi connectivity index (χ0) is 20.1. The van der Waals surface area contributed by atoms with Crippen molar-refractivity contribution in [3.05, 3.63) is 29.8 Å². The number of pyridine rings is 1. The lowest BCUT2D eigenvalue weighted by Crippen LogP contribution is -2.42. The van der Waals surface area contributed by atoms with Gasteiger partial charge in [0.05, 0.1) is 18.6 Å². The van der Waals surface area contributed by atoms with Crippen molar-refractivity contribution in [3.63, 3.8) is 0 Å². The quantitative estimate of drug-likeness (QED) is 0.591. The van der Waals surface area contributed by atoms with Crippen LogP contribution in [0.1, 0.15) is 64.0 Å². The fourth-order valence-corrected chi connectivity index (χ4v) is 4.47. The Hall–Kier alpha value is -1.09. The average Bonchev–Trinajstić information content (AvgIpc) is 2.58. The standard InChI is InChI=1S/C19H32FN3O3S/c1-19(2,22-13-18(24)15-10-16(20)12-21-11-15)9-8-14-4-6-17(7-5-14)23-27(3,25)26/h10-12,14,17-18,22-24H,4-9,13H2,1-3H3/t14?,17?,18-/m0/s1. The number of nitrogens with zero attached hydrogens (tertiary/aromatic N) is 1. The van der Waals surface area contributed by atoms with Crippen molar-refractivity contribution in [3.8, 4) is 0 Å². The molecular weight excluding hydrogens is 369 g/mol. The molecule has 0 saturated heterocycles. The number of aromatic nitrogens is 1. The van der Waals surface area contributed by atoms with Gasteiger partial charge in [-0.3, -0.25) is 4.98 Å². The van der Waals surface area contributed by atoms with Gasteiger partial charge in [0, 0.05) is 29.9 Å². The van der Waals surface area contributed by atoms with Crippen LogP contribution in [0, 0.1) is 11.7 Å². The molecular formula is C19H32FN3O3S. The summed E-state index contributed by atoms with van der Waals surface area (Å²) in [5.41, 5.74) is 0.318. The Morgan fingerprint density at radius 3 is 2.56 bits per heavy atom. The van der Waals surface area contributed by atoms with E-state index in [9.17, 15) is 17.9 Å². The molecule has 0 spiro atoms. The first-order chi connectivity index (χ1) is 12.5. The molecule has 8 heteroatoms. The SMILES string of the molecule is CC(C)(CCC1CCC(NS(C)(=O)=O)CC1)NC[C@H](O)c1cncc(F)c1. The molecule has 2 rings (SSSR count). The summed E-state index contributed by atoms with van der Waals surface area (Å²) in [5.74, 6) is 0.146. The highest BCUT2D eigenvalue weighted by Crippen LogP contribution is 2.30. The van der Waals surface area contributed by atoms with Gasteiger partial charge in [-0.2, -0.15) is 0 Å². The molecule has 0 aromatic carbocycles. The second-order valence-corrected chi connectivity index (χ2v) is 10.1. The first kappa shape index (κ1) is 22.2. The normalized spacial score (nSPS) is 22.6. The van der Waals surface area contributed by atoms with Crippen LogP contribution in [-0.4, -0.2) is 42.9 Å². The minimum atomic E-state index is -3.13. The fourth-order valence-electron chi connectivity index (χ4n) is 3.63. The third-order valence-electron chi connectivity index (χ3n) is 5.29. The van der Waals surface area contributed by atoms with Gasteiger partial charge in [0.25, 0.3) is 0 Å². The highest BCUT2D eigenvalue weighted by molar-refractivity contribution is 7.88. The maximum atomic E-state index is 13.2. The molecule has 1 fully saturated rings. The van der Waals surface area contributed by atoms with Gasteiger partial charge in [0.2, 0.25) is 10.0 Å². The molecule has 0 amide bonds. The van der Waals surface area contributed by atoms with Crippen molar-refractivity contribution in [2.75, 3.05) is 12.8 Å². The monoisotopic (exact) mass is 401 g/mol. The molecule has 0 unspecified atom stereocenters. The molecule has 0 aliphatic heterocycles. The molecule has 27 heavy (non-hydrogen) atoms. The maximum Gasteiger partial charge on any atom is 0.208 e. The van der Waals surface area contributed by atoms with Crippen molar-refractivity contribution in [2.24, 2.45) is 5.92 Å². The molecule has 1 heterocycles. The molecule has 154 valence electrons. The van der Waals surface area contributed by atoms with Crippen LogP contribution >= 0.6 is 0 Å².